The molecule has 16 heteroatoms. The SMILES string of the molecule is C[S+](=O)(C#Cc1ccccc1)CC(=O)c1ccc2ccccc2c1.FC(F)(F)c1ccc([B-](c2ccc(C(F)(F)F)cc2)(c2ccc(C(F)(F)F)cc2)c2ccc(C(F)(F)F)cc2)cc1. The summed E-state index contributed by atoms with van der Waals surface area (Å²) in [6, 6.07) is 36.3. The standard InChI is InChI=1S/C28H16BF12.C21H17O2S/c30-25(31,32)17-1-9-21(10-2-17)29(22-11-3-18(4-12-22)26(33,34)35,23-13-5-19(6-14-23)27(36,37)38)24-15-7-20(8-16-24)28(39,40)41;1-24(23,14-13-17-7-3-2-4-8-17)16-21(22)20-12-11-18-9-5-6-10-19(18)15-20/h1-16H;2-12,15H,16H2,1H3/q-1;+1. The van der Waals surface area contributed by atoms with Crippen LogP contribution in [0.2, 0.25) is 0 Å². The summed E-state index contributed by atoms with van der Waals surface area (Å²) >= 11 is 0. The second-order valence-electron chi connectivity index (χ2n) is 15.1. The van der Waals surface area contributed by atoms with Gasteiger partial charge in [-0.2, -0.15) is 74.5 Å². The quantitative estimate of drug-likeness (QED) is 0.0525. The average molecular weight is 925 g/mol. The number of hydrogen-bond acceptors (Lipinski definition) is 2. The van der Waals surface area contributed by atoms with Gasteiger partial charge in [-0.3, -0.25) is 4.79 Å². The zero-order valence-electron chi connectivity index (χ0n) is 33.7. The molecule has 65 heavy (non-hydrogen) atoms. The van der Waals surface area contributed by atoms with Crippen molar-refractivity contribution in [2.45, 2.75) is 24.7 Å². The molecule has 7 rings (SSSR count). The van der Waals surface area contributed by atoms with Gasteiger partial charge in [-0.1, -0.05) is 156 Å². The van der Waals surface area contributed by atoms with Gasteiger partial charge in [-0.05, 0) is 34.9 Å². The van der Waals surface area contributed by atoms with Gasteiger partial charge in [0, 0.05) is 11.1 Å². The molecular formula is C49H33BF12O2S. The highest BCUT2D eigenvalue weighted by Crippen LogP contribution is 2.32. The number of carbonyl (C=O) groups excluding carboxylic acids is 1. The molecule has 0 aliphatic heterocycles. The van der Waals surface area contributed by atoms with Gasteiger partial charge in [-0.15, -0.1) is 0 Å². The average Bonchev–Trinajstić information content (AvgIpc) is 3.26. The molecule has 0 saturated heterocycles. The van der Waals surface area contributed by atoms with Crippen molar-refractivity contribution in [3.63, 3.8) is 0 Å². The third kappa shape index (κ3) is 11.4. The largest absolute Gasteiger partial charge is 0.416 e. The van der Waals surface area contributed by atoms with Gasteiger partial charge in [0.1, 0.15) is 12.4 Å². The summed E-state index contributed by atoms with van der Waals surface area (Å²) in [5, 5.41) is 4.85. The maximum Gasteiger partial charge on any atom is 0.416 e. The fourth-order valence-corrected chi connectivity index (χ4v) is 8.49. The molecule has 0 amide bonds. The van der Waals surface area contributed by atoms with Crippen molar-refractivity contribution < 1.29 is 61.7 Å². The molecular weight excluding hydrogens is 891 g/mol. The number of hydrogen-bond donors (Lipinski definition) is 0. The highest BCUT2D eigenvalue weighted by atomic mass is 32.2. The van der Waals surface area contributed by atoms with E-state index in [2.05, 4.69) is 11.2 Å². The molecule has 7 aromatic carbocycles. The second kappa shape index (κ2) is 18.5. The van der Waals surface area contributed by atoms with Crippen molar-refractivity contribution in [3.05, 3.63) is 203 Å². The fraction of sp³-hybridized carbons (Fsp3) is 0.122. The van der Waals surface area contributed by atoms with E-state index in [1.165, 1.54) is 0 Å². The van der Waals surface area contributed by atoms with Crippen molar-refractivity contribution in [2.75, 3.05) is 12.0 Å². The first kappa shape index (κ1) is 47.9. The van der Waals surface area contributed by atoms with E-state index in [1.807, 2.05) is 66.7 Å². The summed E-state index contributed by atoms with van der Waals surface area (Å²) in [6.07, 6.45) is -20.5. The lowest BCUT2D eigenvalue weighted by molar-refractivity contribution is -0.138. The molecule has 0 spiro atoms. The third-order valence-electron chi connectivity index (χ3n) is 10.6. The first-order valence-electron chi connectivity index (χ1n) is 19.3. The number of halogens is 12. The van der Waals surface area contributed by atoms with Crippen LogP contribution in [0.25, 0.3) is 10.8 Å². The lowest BCUT2D eigenvalue weighted by Crippen LogP contribution is -2.74. The van der Waals surface area contributed by atoms with Crippen LogP contribution < -0.4 is 21.9 Å². The van der Waals surface area contributed by atoms with Gasteiger partial charge in [-0.25, -0.2) is 0 Å². The number of Topliss-reactive ketones (excluding diaryl/α,β-unsaturated/α-hetero) is 1. The Morgan fingerprint density at radius 1 is 0.462 bits per heavy atom. The number of benzene rings is 7. The Balaban J connectivity index is 0.000000247. The molecule has 0 aliphatic rings. The van der Waals surface area contributed by atoms with E-state index in [-0.39, 0.29) is 33.4 Å². The van der Waals surface area contributed by atoms with E-state index >= 15 is 0 Å². The van der Waals surface area contributed by atoms with Crippen molar-refractivity contribution in [3.8, 4) is 11.2 Å². The maximum atomic E-state index is 13.3. The summed E-state index contributed by atoms with van der Waals surface area (Å²) in [5.41, 5.74) is -2.92. The Bertz CT molecular complexity index is 2640. The van der Waals surface area contributed by atoms with Crippen LogP contribution in [0.15, 0.2) is 170 Å². The zero-order valence-corrected chi connectivity index (χ0v) is 34.5. The summed E-state index contributed by atoms with van der Waals surface area (Å²) < 4.78 is 173. The molecule has 1 atom stereocenters. The fourth-order valence-electron chi connectivity index (χ4n) is 7.42. The smallest absolute Gasteiger partial charge is 0.289 e. The summed E-state index contributed by atoms with van der Waals surface area (Å²) in [6.45, 7) is 0. The van der Waals surface area contributed by atoms with E-state index in [4.69, 9.17) is 0 Å². The lowest BCUT2D eigenvalue weighted by atomic mass is 9.13. The number of alkyl halides is 12. The minimum Gasteiger partial charge on any atom is -0.289 e. The predicted molar refractivity (Wildman–Crippen MR) is 231 cm³/mol. The number of ketones is 1. The molecule has 0 heterocycles. The van der Waals surface area contributed by atoms with Crippen LogP contribution >= 0.6 is 0 Å². The van der Waals surface area contributed by atoms with Gasteiger partial charge in [0.15, 0.2) is 20.9 Å². The molecule has 0 fully saturated rings. The van der Waals surface area contributed by atoms with E-state index in [0.717, 1.165) is 64.9 Å². The van der Waals surface area contributed by atoms with Crippen LogP contribution in [-0.4, -0.2) is 23.9 Å². The molecule has 7 aromatic rings. The molecule has 0 aliphatic carbocycles. The molecule has 0 saturated carbocycles. The lowest BCUT2D eigenvalue weighted by Gasteiger charge is -2.44. The molecule has 0 radical (unpaired) electrons. The summed E-state index contributed by atoms with van der Waals surface area (Å²) in [5.74, 6) is 2.69. The Hall–Kier alpha value is -6.60. The molecule has 334 valence electrons. The topological polar surface area (TPSA) is 34.1 Å². The van der Waals surface area contributed by atoms with E-state index in [9.17, 15) is 61.7 Å². The van der Waals surface area contributed by atoms with Crippen LogP contribution in [0.3, 0.4) is 0 Å². The van der Waals surface area contributed by atoms with Gasteiger partial charge in [0.05, 0.1) is 22.3 Å². The highest BCUT2D eigenvalue weighted by molar-refractivity contribution is 8.07. The van der Waals surface area contributed by atoms with Crippen molar-refractivity contribution in [1.82, 2.24) is 0 Å². The Kier molecular flexibility index (Phi) is 13.6. The first-order chi connectivity index (χ1) is 30.4. The van der Waals surface area contributed by atoms with Crippen molar-refractivity contribution in [2.24, 2.45) is 0 Å². The highest BCUT2D eigenvalue weighted by Gasteiger charge is 2.38. The Morgan fingerprint density at radius 3 is 1.15 bits per heavy atom. The summed E-state index contributed by atoms with van der Waals surface area (Å²) in [4.78, 5) is 12.5. The van der Waals surface area contributed by atoms with Gasteiger partial charge < -0.3 is 0 Å². The third-order valence-corrected chi connectivity index (χ3v) is 12.0. The number of carbonyl (C=O) groups is 1. The summed E-state index contributed by atoms with van der Waals surface area (Å²) in [7, 11) is -2.54. The van der Waals surface area contributed by atoms with Gasteiger partial charge in [0.2, 0.25) is 5.78 Å². The van der Waals surface area contributed by atoms with Crippen LogP contribution in [0.4, 0.5) is 52.7 Å². The normalized spacial score (nSPS) is 13.2. The Morgan fingerprint density at radius 2 is 0.800 bits per heavy atom. The molecule has 0 N–H and O–H groups in total. The van der Waals surface area contributed by atoms with E-state index < -0.39 is 63.0 Å². The van der Waals surface area contributed by atoms with Crippen LogP contribution in [0, 0.1) is 11.2 Å². The van der Waals surface area contributed by atoms with Crippen LogP contribution in [0.1, 0.15) is 38.2 Å². The van der Waals surface area contributed by atoms with Crippen molar-refractivity contribution in [1.29, 1.82) is 0 Å². The first-order valence-corrected chi connectivity index (χ1v) is 21.4. The van der Waals surface area contributed by atoms with Crippen LogP contribution in [-0.2, 0) is 38.8 Å². The number of rotatable bonds is 7. The maximum absolute atomic E-state index is 13.3. The van der Waals surface area contributed by atoms with E-state index in [0.29, 0.717) is 54.1 Å². The minimum absolute atomic E-state index is 0.0114. The van der Waals surface area contributed by atoms with E-state index in [1.54, 1.807) is 12.3 Å². The zero-order chi connectivity index (χ0) is 47.4. The predicted octanol–water partition coefficient (Wildman–Crippen LogP) is 11.3. The Labute approximate surface area is 366 Å². The van der Waals surface area contributed by atoms with Crippen LogP contribution in [0.5, 0.6) is 0 Å². The second-order valence-corrected chi connectivity index (χ2v) is 17.6. The molecule has 2 nitrogen and oxygen atoms in total. The molecule has 0 bridgehead atoms. The van der Waals surface area contributed by atoms with Gasteiger partial charge in [0.25, 0.3) is 0 Å². The monoisotopic (exact) mass is 924 g/mol. The van der Waals surface area contributed by atoms with Gasteiger partial charge >= 0.3 is 24.7 Å². The molecule has 0 aromatic heterocycles. The minimum atomic E-state index is -4.77. The van der Waals surface area contributed by atoms with Crippen molar-refractivity contribution >= 4 is 54.5 Å². The molecule has 1 unspecified atom stereocenters. The number of fused-ring (bicyclic) bond motifs is 1.